The monoisotopic (exact) mass is 827 g/mol. The van der Waals surface area contributed by atoms with E-state index in [9.17, 15) is 5.26 Å². The van der Waals surface area contributed by atoms with Gasteiger partial charge in [0.2, 0.25) is 0 Å². The van der Waals surface area contributed by atoms with Crippen LogP contribution in [-0.2, 0) is 27.1 Å². The van der Waals surface area contributed by atoms with E-state index in [1.54, 1.807) is 0 Å². The zero-order chi connectivity index (χ0) is 44.5. The van der Waals surface area contributed by atoms with Gasteiger partial charge in [-0.25, -0.2) is 0 Å². The van der Waals surface area contributed by atoms with E-state index < -0.39 is 5.41 Å². The Hall–Kier alpha value is -6.31. The standard InChI is InChI=1S/C60H54BN3/c1-56(2,3)33-21-22-49-39(24-33)40-26-35(58(7,8)9)29-47-53(40)63(49)51-32(31-62)23-45-55-50(51)61(47)48-30-36(59(10,11)12)27-42-41-25-34(57(4,5)6)28-46(52(41)64(55)54(42)48)60(45)43-19-15-13-17-37(43)38-18-14-16-20-44(38)60/h13-30H,1-12H3. The van der Waals surface area contributed by atoms with E-state index in [4.69, 9.17) is 0 Å². The maximum atomic E-state index is 11.8. The largest absolute Gasteiger partial charge is 0.310 e. The summed E-state index contributed by atoms with van der Waals surface area (Å²) in [7, 11) is 0. The molecule has 4 aliphatic rings. The quantitative estimate of drug-likeness (QED) is 0.140. The molecule has 5 heterocycles. The van der Waals surface area contributed by atoms with Gasteiger partial charge in [-0.2, -0.15) is 5.26 Å². The number of nitriles is 1. The molecular weight excluding hydrogens is 773 g/mol. The highest BCUT2D eigenvalue weighted by atomic mass is 15.1. The van der Waals surface area contributed by atoms with Gasteiger partial charge in [-0.3, -0.25) is 0 Å². The van der Waals surface area contributed by atoms with Crippen molar-refractivity contribution in [1.29, 1.82) is 5.26 Å². The minimum Gasteiger partial charge on any atom is -0.310 e. The normalized spacial score (nSPS) is 15.3. The molecule has 0 unspecified atom stereocenters. The Morgan fingerprint density at radius 1 is 0.453 bits per heavy atom. The van der Waals surface area contributed by atoms with Crippen LogP contribution in [0.2, 0.25) is 0 Å². The summed E-state index contributed by atoms with van der Waals surface area (Å²) in [5.74, 6) is 0. The molecule has 1 spiro atoms. The molecule has 312 valence electrons. The number of fused-ring (bicyclic) bond motifs is 14. The Morgan fingerprint density at radius 2 is 0.938 bits per heavy atom. The summed E-state index contributed by atoms with van der Waals surface area (Å²) in [6.07, 6.45) is 0. The molecular formula is C60H54BN3. The lowest BCUT2D eigenvalue weighted by Crippen LogP contribution is -2.61. The van der Waals surface area contributed by atoms with Gasteiger partial charge in [0.15, 0.2) is 0 Å². The van der Waals surface area contributed by atoms with Gasteiger partial charge >= 0.3 is 0 Å². The third-order valence-corrected chi connectivity index (χ3v) is 15.9. The summed E-state index contributed by atoms with van der Waals surface area (Å²) >= 11 is 0. The van der Waals surface area contributed by atoms with Gasteiger partial charge in [-0.1, -0.05) is 156 Å². The topological polar surface area (TPSA) is 33.6 Å². The second-order valence-corrected chi connectivity index (χ2v) is 23.7. The summed E-state index contributed by atoms with van der Waals surface area (Å²) in [6, 6.07) is 45.8. The lowest BCUT2D eigenvalue weighted by molar-refractivity contribution is 0.588. The van der Waals surface area contributed by atoms with Crippen LogP contribution >= 0.6 is 0 Å². The highest BCUT2D eigenvalue weighted by Gasteiger charge is 2.55. The molecule has 0 N–H and O–H groups in total. The maximum absolute atomic E-state index is 11.8. The van der Waals surface area contributed by atoms with Gasteiger partial charge < -0.3 is 9.13 Å². The molecule has 3 nitrogen and oxygen atoms in total. The summed E-state index contributed by atoms with van der Waals surface area (Å²) < 4.78 is 5.20. The number of nitrogens with zero attached hydrogens (tertiary/aromatic N) is 3. The smallest absolute Gasteiger partial charge is 0.252 e. The number of aromatic nitrogens is 2. The second-order valence-electron chi connectivity index (χ2n) is 23.7. The molecule has 1 aliphatic carbocycles. The van der Waals surface area contributed by atoms with Crippen LogP contribution in [0.15, 0.2) is 109 Å². The Morgan fingerprint density at radius 3 is 1.48 bits per heavy atom. The number of rotatable bonds is 0. The van der Waals surface area contributed by atoms with Gasteiger partial charge in [0, 0.05) is 38.3 Å². The van der Waals surface area contributed by atoms with Crippen molar-refractivity contribution in [2.75, 3.05) is 0 Å². The Kier molecular flexibility index (Phi) is 6.86. The predicted octanol–water partition coefficient (Wildman–Crippen LogP) is 12.8. The van der Waals surface area contributed by atoms with Gasteiger partial charge in [0.1, 0.15) is 6.07 Å². The molecule has 64 heavy (non-hydrogen) atoms. The van der Waals surface area contributed by atoms with Gasteiger partial charge in [-0.05, 0) is 130 Å². The first-order valence-corrected chi connectivity index (χ1v) is 23.4. The summed E-state index contributed by atoms with van der Waals surface area (Å²) in [5, 5.41) is 17.0. The fourth-order valence-corrected chi connectivity index (χ4v) is 12.7. The van der Waals surface area contributed by atoms with Crippen LogP contribution in [0.1, 0.15) is 133 Å². The SMILES string of the molecule is CC(C)(C)c1ccc2c(c1)c1cc(C(C)(C)C)cc3c1n2-c1c(C#N)cc2c4c1B3c1cc(C(C)(C)C)cc3c5cc(C(C)(C)C)cc(c5n-4c13)C21c2ccccc2-c2ccccc21. The highest BCUT2D eigenvalue weighted by Crippen LogP contribution is 2.62. The van der Waals surface area contributed by atoms with Crippen LogP contribution in [0.25, 0.3) is 66.1 Å². The minimum absolute atomic E-state index is 0.0240. The predicted molar refractivity (Wildman–Crippen MR) is 270 cm³/mol. The Bertz CT molecular complexity index is 3670. The average molecular weight is 828 g/mol. The lowest BCUT2D eigenvalue weighted by Gasteiger charge is -2.44. The number of hydrogen-bond acceptors (Lipinski definition) is 1. The zero-order valence-electron chi connectivity index (χ0n) is 39.3. The van der Waals surface area contributed by atoms with E-state index in [0.29, 0.717) is 0 Å². The first-order chi connectivity index (χ1) is 30.2. The van der Waals surface area contributed by atoms with Gasteiger partial charge in [0.25, 0.3) is 6.71 Å². The van der Waals surface area contributed by atoms with Crippen LogP contribution in [-0.4, -0.2) is 15.8 Å². The van der Waals surface area contributed by atoms with Crippen LogP contribution in [0.4, 0.5) is 0 Å². The van der Waals surface area contributed by atoms with E-state index in [1.807, 2.05) is 0 Å². The molecule has 4 heteroatoms. The van der Waals surface area contributed by atoms with E-state index in [1.165, 1.54) is 116 Å². The summed E-state index contributed by atoms with van der Waals surface area (Å²) in [5.41, 5.74) is 24.0. The van der Waals surface area contributed by atoms with Gasteiger partial charge in [-0.15, -0.1) is 0 Å². The van der Waals surface area contributed by atoms with Crippen molar-refractivity contribution in [2.45, 2.75) is 110 Å². The van der Waals surface area contributed by atoms with Crippen LogP contribution in [0, 0.1) is 11.3 Å². The molecule has 3 aliphatic heterocycles. The summed E-state index contributed by atoms with van der Waals surface area (Å²) in [6.45, 7) is 28.1. The van der Waals surface area contributed by atoms with Crippen LogP contribution in [0.3, 0.4) is 0 Å². The second kappa shape index (κ2) is 11.5. The maximum Gasteiger partial charge on any atom is 0.252 e. The van der Waals surface area contributed by atoms with Crippen LogP contribution < -0.4 is 16.4 Å². The first-order valence-electron chi connectivity index (χ1n) is 23.4. The van der Waals surface area contributed by atoms with Crippen molar-refractivity contribution in [1.82, 2.24) is 9.13 Å². The lowest BCUT2D eigenvalue weighted by atomic mass is 9.33. The van der Waals surface area contributed by atoms with Crippen molar-refractivity contribution < 1.29 is 0 Å². The fraction of sp³-hybridized carbons (Fsp3) is 0.283. The molecule has 0 saturated carbocycles. The Labute approximate surface area is 377 Å². The third-order valence-electron chi connectivity index (χ3n) is 15.9. The molecule has 13 rings (SSSR count). The van der Waals surface area contributed by atoms with Crippen LogP contribution in [0.5, 0.6) is 0 Å². The van der Waals surface area contributed by atoms with Crippen molar-refractivity contribution in [2.24, 2.45) is 0 Å². The molecule has 0 fully saturated rings. The molecule has 2 aromatic heterocycles. The van der Waals surface area contributed by atoms with E-state index in [2.05, 4.69) is 207 Å². The number of benzene rings is 7. The molecule has 0 bridgehead atoms. The molecule has 9 aromatic rings. The van der Waals surface area contributed by atoms with E-state index >= 15 is 0 Å². The van der Waals surface area contributed by atoms with E-state index in [0.717, 1.165) is 16.8 Å². The van der Waals surface area contributed by atoms with Gasteiger partial charge in [0.05, 0.1) is 27.7 Å². The Balaban J connectivity index is 1.34. The van der Waals surface area contributed by atoms with Crippen molar-refractivity contribution in [3.05, 3.63) is 159 Å². The fourth-order valence-electron chi connectivity index (χ4n) is 12.7. The highest BCUT2D eigenvalue weighted by molar-refractivity contribution is 7.00. The van der Waals surface area contributed by atoms with Crippen molar-refractivity contribution in [3.63, 3.8) is 0 Å². The number of hydrogen-bond donors (Lipinski definition) is 0. The molecule has 0 amide bonds. The molecule has 0 atom stereocenters. The van der Waals surface area contributed by atoms with Crippen molar-refractivity contribution >= 4 is 66.7 Å². The first kappa shape index (κ1) is 38.2. The van der Waals surface area contributed by atoms with Crippen molar-refractivity contribution in [3.8, 4) is 28.6 Å². The van der Waals surface area contributed by atoms with E-state index in [-0.39, 0.29) is 28.4 Å². The summed E-state index contributed by atoms with van der Waals surface area (Å²) in [4.78, 5) is 0. The molecule has 7 aromatic carbocycles. The molecule has 0 saturated heterocycles. The third kappa shape index (κ3) is 4.40. The molecule has 0 radical (unpaired) electrons. The average Bonchev–Trinajstić information content (AvgIpc) is 3.86. The minimum atomic E-state index is -0.662. The zero-order valence-corrected chi connectivity index (χ0v) is 39.3.